The molecule has 0 aromatic carbocycles. The van der Waals surface area contributed by atoms with Gasteiger partial charge in [0, 0.05) is 13.1 Å². The van der Waals surface area contributed by atoms with Crippen LogP contribution in [0.25, 0.3) is 0 Å². The first-order valence-electron chi connectivity index (χ1n) is 4.33. The summed E-state index contributed by atoms with van der Waals surface area (Å²) in [6.07, 6.45) is 0. The fourth-order valence-electron chi connectivity index (χ4n) is 1.13. The Hall–Kier alpha value is -0.710. The maximum absolute atomic E-state index is 9.40. The number of rotatable bonds is 2. The first-order valence-corrected chi connectivity index (χ1v) is 5.12. The number of hydrogen-bond donors (Lipinski definition) is 2. The van der Waals surface area contributed by atoms with Gasteiger partial charge in [-0.2, -0.15) is 0 Å². The van der Waals surface area contributed by atoms with Crippen LogP contribution < -0.4 is 5.32 Å². The van der Waals surface area contributed by atoms with Crippen molar-refractivity contribution in [3.05, 3.63) is 10.4 Å². The highest BCUT2D eigenvalue weighted by Gasteiger charge is 2.15. The van der Waals surface area contributed by atoms with E-state index >= 15 is 0 Å². The minimum absolute atomic E-state index is 0.164. The molecule has 2 N–H and O–H groups in total. The van der Waals surface area contributed by atoms with Crippen molar-refractivity contribution < 1.29 is 5.11 Å². The van der Waals surface area contributed by atoms with Crippen molar-refractivity contribution >= 4 is 21.9 Å². The van der Waals surface area contributed by atoms with Crippen LogP contribution >= 0.6 is 15.9 Å². The van der Waals surface area contributed by atoms with Crippen molar-refractivity contribution in [3.8, 4) is 0 Å². The van der Waals surface area contributed by atoms with Gasteiger partial charge in [-0.25, -0.2) is 4.99 Å². The molecule has 0 bridgehead atoms. The molecule has 4 nitrogen and oxygen atoms in total. The molecule has 5 heteroatoms. The molecule has 0 unspecified atom stereocenters. The molecule has 1 aliphatic rings. The fraction of sp³-hybridized carbons (Fsp3) is 0.625. The molecule has 1 aliphatic heterocycles. The van der Waals surface area contributed by atoms with Gasteiger partial charge in [-0.1, -0.05) is 0 Å². The third-order valence-corrected chi connectivity index (χ3v) is 2.54. The van der Waals surface area contributed by atoms with Crippen molar-refractivity contribution in [3.63, 3.8) is 0 Å². The minimum Gasteiger partial charge on any atom is -0.494 e. The molecule has 0 atom stereocenters. The van der Waals surface area contributed by atoms with E-state index in [2.05, 4.69) is 45.0 Å². The molecular weight excluding hydrogens is 234 g/mol. The SMILES string of the molecule is CCN(CC)C1=NCC(Br)=C(O)N1. The first kappa shape index (κ1) is 10.4. The Labute approximate surface area is 86.5 Å². The summed E-state index contributed by atoms with van der Waals surface area (Å²) in [7, 11) is 0. The van der Waals surface area contributed by atoms with Gasteiger partial charge in [0.1, 0.15) is 0 Å². The number of aliphatic hydroxyl groups excluding tert-OH is 1. The fourth-order valence-corrected chi connectivity index (χ4v) is 1.36. The van der Waals surface area contributed by atoms with Gasteiger partial charge < -0.3 is 10.0 Å². The Morgan fingerprint density at radius 3 is 2.62 bits per heavy atom. The van der Waals surface area contributed by atoms with Crippen LogP contribution in [0.1, 0.15) is 13.8 Å². The number of hydrogen-bond acceptors (Lipinski definition) is 4. The number of guanidine groups is 1. The largest absolute Gasteiger partial charge is 0.494 e. The lowest BCUT2D eigenvalue weighted by Crippen LogP contribution is -2.42. The van der Waals surface area contributed by atoms with E-state index in [4.69, 9.17) is 0 Å². The zero-order valence-electron chi connectivity index (χ0n) is 7.84. The highest BCUT2D eigenvalue weighted by Crippen LogP contribution is 2.12. The Kier molecular flexibility index (Phi) is 3.59. The van der Waals surface area contributed by atoms with Crippen molar-refractivity contribution in [2.75, 3.05) is 19.6 Å². The van der Waals surface area contributed by atoms with Gasteiger partial charge in [0.05, 0.1) is 11.0 Å². The Bertz CT molecular complexity index is 246. The zero-order valence-corrected chi connectivity index (χ0v) is 9.43. The second-order valence-electron chi connectivity index (χ2n) is 2.69. The average molecular weight is 248 g/mol. The van der Waals surface area contributed by atoms with Crippen molar-refractivity contribution in [2.24, 2.45) is 4.99 Å². The normalized spacial score (nSPS) is 16.7. The van der Waals surface area contributed by atoms with E-state index < -0.39 is 0 Å². The number of halogens is 1. The highest BCUT2D eigenvalue weighted by atomic mass is 79.9. The van der Waals surface area contributed by atoms with E-state index in [1.54, 1.807) is 0 Å². The zero-order chi connectivity index (χ0) is 9.84. The molecule has 1 rings (SSSR count). The summed E-state index contributed by atoms with van der Waals surface area (Å²) >= 11 is 3.22. The predicted molar refractivity (Wildman–Crippen MR) is 56.9 cm³/mol. The molecule has 13 heavy (non-hydrogen) atoms. The molecule has 74 valence electrons. The van der Waals surface area contributed by atoms with Crippen LogP contribution in [0.4, 0.5) is 0 Å². The van der Waals surface area contributed by atoms with Gasteiger partial charge in [-0.15, -0.1) is 0 Å². The van der Waals surface area contributed by atoms with Crippen molar-refractivity contribution in [1.29, 1.82) is 0 Å². The molecule has 0 saturated heterocycles. The van der Waals surface area contributed by atoms with E-state index in [0.717, 1.165) is 19.0 Å². The summed E-state index contributed by atoms with van der Waals surface area (Å²) < 4.78 is 0.698. The van der Waals surface area contributed by atoms with Crippen LogP contribution in [0.2, 0.25) is 0 Å². The summed E-state index contributed by atoms with van der Waals surface area (Å²) in [5.74, 6) is 0.905. The van der Waals surface area contributed by atoms with E-state index in [9.17, 15) is 5.11 Å². The summed E-state index contributed by atoms with van der Waals surface area (Å²) in [6, 6.07) is 0. The second kappa shape index (κ2) is 4.50. The number of nitrogens with one attached hydrogen (secondary N) is 1. The van der Waals surface area contributed by atoms with Gasteiger partial charge in [0.15, 0.2) is 0 Å². The van der Waals surface area contributed by atoms with E-state index in [1.807, 2.05) is 0 Å². The van der Waals surface area contributed by atoms with Gasteiger partial charge >= 0.3 is 0 Å². The highest BCUT2D eigenvalue weighted by molar-refractivity contribution is 9.11. The van der Waals surface area contributed by atoms with Crippen LogP contribution in [0.3, 0.4) is 0 Å². The number of aliphatic hydroxyl groups is 1. The Balaban J connectivity index is 2.65. The summed E-state index contributed by atoms with van der Waals surface area (Å²) in [5.41, 5.74) is 0. The smallest absolute Gasteiger partial charge is 0.203 e. The number of nitrogens with zero attached hydrogens (tertiary/aromatic N) is 2. The molecule has 0 radical (unpaired) electrons. The predicted octanol–water partition coefficient (Wildman–Crippen LogP) is 1.41. The van der Waals surface area contributed by atoms with Gasteiger partial charge in [0.2, 0.25) is 11.8 Å². The molecular formula is C8H14BrN3O. The Morgan fingerprint density at radius 2 is 2.15 bits per heavy atom. The van der Waals surface area contributed by atoms with Crippen LogP contribution in [0, 0.1) is 0 Å². The molecule has 0 fully saturated rings. The monoisotopic (exact) mass is 247 g/mol. The standard InChI is InChI=1S/C8H14BrN3O/c1-3-12(4-2)8-10-5-6(9)7(13)11-8/h13H,3-5H2,1-2H3,(H,10,11). The number of aliphatic imine (C=N–C) groups is 1. The van der Waals surface area contributed by atoms with E-state index in [0.29, 0.717) is 11.0 Å². The maximum atomic E-state index is 9.40. The van der Waals surface area contributed by atoms with Crippen LogP contribution in [0.15, 0.2) is 15.4 Å². The summed E-state index contributed by atoms with van der Waals surface area (Å²) in [4.78, 5) is 6.32. The van der Waals surface area contributed by atoms with Crippen molar-refractivity contribution in [2.45, 2.75) is 13.8 Å². The third kappa shape index (κ3) is 2.37. The van der Waals surface area contributed by atoms with Crippen LogP contribution in [-0.2, 0) is 0 Å². The summed E-state index contributed by atoms with van der Waals surface area (Å²) in [5, 5.41) is 12.2. The van der Waals surface area contributed by atoms with Gasteiger partial charge in [-0.3, -0.25) is 5.32 Å². The maximum Gasteiger partial charge on any atom is 0.203 e. The quantitative estimate of drug-likeness (QED) is 0.776. The van der Waals surface area contributed by atoms with Crippen LogP contribution in [-0.4, -0.2) is 35.6 Å². The van der Waals surface area contributed by atoms with E-state index in [-0.39, 0.29) is 5.88 Å². The van der Waals surface area contributed by atoms with Gasteiger partial charge in [0.25, 0.3) is 0 Å². The van der Waals surface area contributed by atoms with Gasteiger partial charge in [-0.05, 0) is 29.8 Å². The topological polar surface area (TPSA) is 47.9 Å². The third-order valence-electron chi connectivity index (χ3n) is 1.92. The minimum atomic E-state index is 0.164. The Morgan fingerprint density at radius 1 is 1.54 bits per heavy atom. The molecule has 0 aliphatic carbocycles. The molecule has 0 amide bonds. The second-order valence-corrected chi connectivity index (χ2v) is 3.65. The van der Waals surface area contributed by atoms with E-state index in [1.165, 1.54) is 0 Å². The molecule has 0 saturated carbocycles. The van der Waals surface area contributed by atoms with Crippen molar-refractivity contribution in [1.82, 2.24) is 10.2 Å². The van der Waals surface area contributed by atoms with Crippen LogP contribution in [0.5, 0.6) is 0 Å². The lowest BCUT2D eigenvalue weighted by Gasteiger charge is -2.25. The first-order chi connectivity index (χ1) is 6.19. The molecule has 1 heterocycles. The molecule has 0 aromatic heterocycles. The molecule has 0 spiro atoms. The lowest BCUT2D eigenvalue weighted by molar-refractivity contribution is 0.362. The lowest BCUT2D eigenvalue weighted by atomic mass is 10.4. The average Bonchev–Trinajstić information content (AvgIpc) is 2.13. The summed E-state index contributed by atoms with van der Waals surface area (Å²) in [6.45, 7) is 6.38. The molecule has 0 aromatic rings.